The Balaban J connectivity index is 1.42. The highest BCUT2D eigenvalue weighted by atomic mass is 16.2. The van der Waals surface area contributed by atoms with E-state index in [1.54, 1.807) is 0 Å². The maximum Gasteiger partial charge on any atom is 0.223 e. The highest BCUT2D eigenvalue weighted by Crippen LogP contribution is 2.27. The first kappa shape index (κ1) is 15.4. The number of piperidine rings is 1. The molecule has 0 atom stereocenters. The van der Waals surface area contributed by atoms with Gasteiger partial charge in [0.25, 0.3) is 0 Å². The number of nitrogens with one attached hydrogen (secondary N) is 1. The topological polar surface area (TPSA) is 58.1 Å². The molecule has 0 unspecified atom stereocenters. The summed E-state index contributed by atoms with van der Waals surface area (Å²) in [6.45, 7) is 3.87. The van der Waals surface area contributed by atoms with Crippen LogP contribution in [0.4, 0.5) is 5.82 Å². The molecule has 24 heavy (non-hydrogen) atoms. The zero-order valence-electron chi connectivity index (χ0n) is 14.2. The molecule has 0 bridgehead atoms. The second-order valence-electron chi connectivity index (χ2n) is 7.02. The Morgan fingerprint density at radius 1 is 1.08 bits per heavy atom. The minimum absolute atomic E-state index is 0.265. The molecule has 5 nitrogen and oxygen atoms in total. The minimum Gasteiger partial charge on any atom is -0.355 e. The third-order valence-corrected chi connectivity index (χ3v) is 5.34. The molecule has 5 heteroatoms. The van der Waals surface area contributed by atoms with Crippen LogP contribution in [-0.4, -0.2) is 35.0 Å². The number of hydrogen-bond acceptors (Lipinski definition) is 4. The molecule has 2 heterocycles. The third kappa shape index (κ3) is 2.95. The molecule has 4 rings (SSSR count). The Kier molecular flexibility index (Phi) is 4.08. The molecular weight excluding hydrogens is 300 g/mol. The third-order valence-electron chi connectivity index (χ3n) is 5.34. The van der Waals surface area contributed by atoms with Gasteiger partial charge in [-0.15, -0.1) is 0 Å². The van der Waals surface area contributed by atoms with Gasteiger partial charge >= 0.3 is 0 Å². The number of hydrogen-bond donors (Lipinski definition) is 1. The standard InChI is InChI=1S/C19H24N4O/c1-13-18(22-17-8-3-2-7-16(17)20-13)23-11-9-15(10-12-23)21-19(24)14-5-4-6-14/h2-3,7-8,14-15H,4-6,9-12H2,1H3,(H,21,24). The molecule has 1 aliphatic carbocycles. The van der Waals surface area contributed by atoms with E-state index >= 15 is 0 Å². The van der Waals surface area contributed by atoms with Crippen LogP contribution in [0.15, 0.2) is 24.3 Å². The molecule has 1 amide bonds. The normalized spacial score (nSPS) is 19.3. The van der Waals surface area contributed by atoms with Crippen LogP contribution in [0, 0.1) is 12.8 Å². The number of carbonyl (C=O) groups is 1. The fraction of sp³-hybridized carbons (Fsp3) is 0.526. The van der Waals surface area contributed by atoms with E-state index < -0.39 is 0 Å². The molecule has 1 saturated carbocycles. The van der Waals surface area contributed by atoms with Crippen LogP contribution in [-0.2, 0) is 4.79 Å². The number of rotatable bonds is 3. The van der Waals surface area contributed by atoms with Gasteiger partial charge in [0.05, 0.1) is 16.7 Å². The van der Waals surface area contributed by atoms with Crippen LogP contribution in [0.5, 0.6) is 0 Å². The average Bonchev–Trinajstić information content (AvgIpc) is 2.53. The highest BCUT2D eigenvalue weighted by Gasteiger charge is 2.29. The summed E-state index contributed by atoms with van der Waals surface area (Å²) in [5.74, 6) is 1.52. The van der Waals surface area contributed by atoms with E-state index in [9.17, 15) is 4.79 Å². The molecule has 1 aromatic heterocycles. The molecule has 0 spiro atoms. The predicted octanol–water partition coefficient (Wildman–Crippen LogP) is 2.82. The van der Waals surface area contributed by atoms with Crippen LogP contribution in [0.3, 0.4) is 0 Å². The maximum absolute atomic E-state index is 12.1. The molecule has 1 N–H and O–H groups in total. The van der Waals surface area contributed by atoms with Crippen LogP contribution >= 0.6 is 0 Å². The molecule has 1 aliphatic heterocycles. The summed E-state index contributed by atoms with van der Waals surface area (Å²) in [4.78, 5) is 23.9. The molecular formula is C19H24N4O. The van der Waals surface area contributed by atoms with Gasteiger partial charge in [-0.25, -0.2) is 9.97 Å². The van der Waals surface area contributed by atoms with Gasteiger partial charge in [0.1, 0.15) is 0 Å². The quantitative estimate of drug-likeness (QED) is 0.943. The highest BCUT2D eigenvalue weighted by molar-refractivity contribution is 5.79. The smallest absolute Gasteiger partial charge is 0.223 e. The van der Waals surface area contributed by atoms with E-state index in [-0.39, 0.29) is 11.8 Å². The van der Waals surface area contributed by atoms with E-state index in [1.807, 2.05) is 31.2 Å². The molecule has 2 aromatic rings. The molecule has 1 aromatic carbocycles. The number of fused-ring (bicyclic) bond motifs is 1. The van der Waals surface area contributed by atoms with Crippen LogP contribution in [0.25, 0.3) is 11.0 Å². The van der Waals surface area contributed by atoms with Gasteiger partial charge in [0.2, 0.25) is 5.91 Å². The zero-order chi connectivity index (χ0) is 16.5. The number of nitrogens with zero attached hydrogens (tertiary/aromatic N) is 3. The first-order valence-electron chi connectivity index (χ1n) is 8.99. The van der Waals surface area contributed by atoms with Crippen molar-refractivity contribution in [3.05, 3.63) is 30.0 Å². The lowest BCUT2D eigenvalue weighted by Crippen LogP contribution is -2.47. The lowest BCUT2D eigenvalue weighted by Gasteiger charge is -2.35. The number of carbonyl (C=O) groups excluding carboxylic acids is 1. The Morgan fingerprint density at radius 3 is 2.38 bits per heavy atom. The van der Waals surface area contributed by atoms with Crippen molar-refractivity contribution < 1.29 is 4.79 Å². The Morgan fingerprint density at radius 2 is 1.75 bits per heavy atom. The number of anilines is 1. The summed E-state index contributed by atoms with van der Waals surface area (Å²) in [6.07, 6.45) is 5.29. The monoisotopic (exact) mass is 324 g/mol. The van der Waals surface area contributed by atoms with Gasteiger partial charge in [-0.2, -0.15) is 0 Å². The second-order valence-corrected chi connectivity index (χ2v) is 7.02. The van der Waals surface area contributed by atoms with Crippen molar-refractivity contribution in [2.75, 3.05) is 18.0 Å². The van der Waals surface area contributed by atoms with Crippen molar-refractivity contribution in [3.8, 4) is 0 Å². The van der Waals surface area contributed by atoms with Crippen molar-refractivity contribution in [1.29, 1.82) is 0 Å². The van der Waals surface area contributed by atoms with Crippen molar-refractivity contribution in [1.82, 2.24) is 15.3 Å². The number of benzene rings is 1. The number of para-hydroxylation sites is 2. The van der Waals surface area contributed by atoms with Crippen LogP contribution in [0.1, 0.15) is 37.8 Å². The number of amides is 1. The van der Waals surface area contributed by atoms with Gasteiger partial charge in [-0.3, -0.25) is 4.79 Å². The summed E-state index contributed by atoms with van der Waals surface area (Å²) >= 11 is 0. The Bertz CT molecular complexity index is 748. The fourth-order valence-electron chi connectivity index (χ4n) is 3.60. The number of aromatic nitrogens is 2. The molecule has 2 fully saturated rings. The van der Waals surface area contributed by atoms with Crippen molar-refractivity contribution >= 4 is 22.8 Å². The summed E-state index contributed by atoms with van der Waals surface area (Å²) in [6, 6.07) is 8.31. The van der Waals surface area contributed by atoms with E-state index in [0.29, 0.717) is 6.04 Å². The summed E-state index contributed by atoms with van der Waals surface area (Å²) < 4.78 is 0. The lowest BCUT2D eigenvalue weighted by molar-refractivity contribution is -0.128. The maximum atomic E-state index is 12.1. The fourth-order valence-corrected chi connectivity index (χ4v) is 3.60. The van der Waals surface area contributed by atoms with E-state index in [2.05, 4.69) is 15.2 Å². The summed E-state index contributed by atoms with van der Waals surface area (Å²) in [5, 5.41) is 3.24. The largest absolute Gasteiger partial charge is 0.355 e. The molecule has 0 radical (unpaired) electrons. The molecule has 126 valence electrons. The Hall–Kier alpha value is -2.17. The SMILES string of the molecule is Cc1nc2ccccc2nc1N1CCC(NC(=O)C2CCC2)CC1. The van der Waals surface area contributed by atoms with Crippen molar-refractivity contribution in [2.24, 2.45) is 5.92 Å². The summed E-state index contributed by atoms with van der Waals surface area (Å²) in [5.41, 5.74) is 2.87. The van der Waals surface area contributed by atoms with Gasteiger partial charge in [0.15, 0.2) is 5.82 Å². The van der Waals surface area contributed by atoms with E-state index in [4.69, 9.17) is 4.98 Å². The molecule has 1 saturated heterocycles. The van der Waals surface area contributed by atoms with E-state index in [1.165, 1.54) is 6.42 Å². The van der Waals surface area contributed by atoms with Gasteiger partial charge in [-0.05, 0) is 44.7 Å². The lowest BCUT2D eigenvalue weighted by atomic mass is 9.84. The van der Waals surface area contributed by atoms with Gasteiger partial charge < -0.3 is 10.2 Å². The average molecular weight is 324 g/mol. The predicted molar refractivity (Wildman–Crippen MR) is 95.0 cm³/mol. The summed E-state index contributed by atoms with van der Waals surface area (Å²) in [7, 11) is 0. The van der Waals surface area contributed by atoms with E-state index in [0.717, 1.165) is 61.3 Å². The first-order chi connectivity index (χ1) is 11.7. The minimum atomic E-state index is 0.265. The first-order valence-corrected chi connectivity index (χ1v) is 8.99. The van der Waals surface area contributed by atoms with Gasteiger partial charge in [-0.1, -0.05) is 18.6 Å². The van der Waals surface area contributed by atoms with Crippen LogP contribution < -0.4 is 10.2 Å². The van der Waals surface area contributed by atoms with Gasteiger partial charge in [0, 0.05) is 25.0 Å². The van der Waals surface area contributed by atoms with Crippen molar-refractivity contribution in [2.45, 2.75) is 45.1 Å². The van der Waals surface area contributed by atoms with Crippen LogP contribution in [0.2, 0.25) is 0 Å². The Labute approximate surface area is 142 Å². The number of aryl methyl sites for hydroxylation is 1. The molecule has 2 aliphatic rings. The van der Waals surface area contributed by atoms with Crippen molar-refractivity contribution in [3.63, 3.8) is 0 Å². The second kappa shape index (κ2) is 6.38. The zero-order valence-corrected chi connectivity index (χ0v) is 14.2.